The van der Waals surface area contributed by atoms with E-state index < -0.39 is 0 Å². The third kappa shape index (κ3) is 4.21. The summed E-state index contributed by atoms with van der Waals surface area (Å²) < 4.78 is 2.89. The number of halogens is 1. The Morgan fingerprint density at radius 3 is 2.92 bits per heavy atom. The fraction of sp³-hybridized carbons (Fsp3) is 0.471. The molecule has 7 heteroatoms. The minimum Gasteiger partial charge on any atom is -0.348 e. The third-order valence-electron chi connectivity index (χ3n) is 4.29. The van der Waals surface area contributed by atoms with Gasteiger partial charge in [0.1, 0.15) is 0 Å². The lowest BCUT2D eigenvalue weighted by Crippen LogP contribution is -2.34. The van der Waals surface area contributed by atoms with Crippen molar-refractivity contribution >= 4 is 21.8 Å². The topological polar surface area (TPSA) is 71.8 Å². The van der Waals surface area contributed by atoms with Crippen LogP contribution in [0.4, 0.5) is 0 Å². The molecule has 1 atom stereocenters. The molecule has 1 fully saturated rings. The SMILES string of the molecule is CC(Cc1ccccc1Br)NC(=O)c1cn(C2CCNCC2)nn1. The van der Waals surface area contributed by atoms with Crippen LogP contribution in [0.2, 0.25) is 0 Å². The van der Waals surface area contributed by atoms with Crippen molar-refractivity contribution in [1.29, 1.82) is 0 Å². The van der Waals surface area contributed by atoms with Crippen LogP contribution in [0, 0.1) is 0 Å². The van der Waals surface area contributed by atoms with Gasteiger partial charge in [-0.25, -0.2) is 4.68 Å². The number of hydrogen-bond donors (Lipinski definition) is 2. The summed E-state index contributed by atoms with van der Waals surface area (Å²) in [6.45, 7) is 3.96. The number of nitrogens with one attached hydrogen (secondary N) is 2. The number of rotatable bonds is 5. The summed E-state index contributed by atoms with van der Waals surface area (Å²) in [5.41, 5.74) is 1.55. The van der Waals surface area contributed by atoms with Crippen LogP contribution in [0.1, 0.15) is 41.9 Å². The summed E-state index contributed by atoms with van der Waals surface area (Å²) in [4.78, 5) is 12.4. The summed E-state index contributed by atoms with van der Waals surface area (Å²) in [5.74, 6) is -0.172. The second kappa shape index (κ2) is 7.90. The molecule has 3 rings (SSSR count). The average molecular weight is 392 g/mol. The Morgan fingerprint density at radius 2 is 2.17 bits per heavy atom. The Bertz CT molecular complexity index is 696. The number of hydrogen-bond acceptors (Lipinski definition) is 4. The zero-order valence-electron chi connectivity index (χ0n) is 13.7. The van der Waals surface area contributed by atoms with E-state index in [4.69, 9.17) is 0 Å². The molecular weight excluding hydrogens is 370 g/mol. The molecule has 2 aromatic rings. The van der Waals surface area contributed by atoms with Gasteiger partial charge in [0.15, 0.2) is 5.69 Å². The van der Waals surface area contributed by atoms with Gasteiger partial charge in [0.2, 0.25) is 0 Å². The van der Waals surface area contributed by atoms with Gasteiger partial charge in [-0.15, -0.1) is 5.10 Å². The number of benzene rings is 1. The number of carbonyl (C=O) groups excluding carboxylic acids is 1. The van der Waals surface area contributed by atoms with Crippen molar-refractivity contribution in [2.45, 2.75) is 38.3 Å². The molecule has 1 amide bonds. The Morgan fingerprint density at radius 1 is 1.42 bits per heavy atom. The van der Waals surface area contributed by atoms with Crippen molar-refractivity contribution < 1.29 is 4.79 Å². The molecule has 1 aromatic carbocycles. The molecule has 24 heavy (non-hydrogen) atoms. The zero-order chi connectivity index (χ0) is 16.9. The molecule has 2 heterocycles. The number of aromatic nitrogens is 3. The molecule has 1 unspecified atom stereocenters. The Labute approximate surface area is 150 Å². The van der Waals surface area contributed by atoms with Gasteiger partial charge in [-0.05, 0) is 50.9 Å². The lowest BCUT2D eigenvalue weighted by Gasteiger charge is -2.22. The average Bonchev–Trinajstić information content (AvgIpc) is 3.08. The van der Waals surface area contributed by atoms with Crippen molar-refractivity contribution in [1.82, 2.24) is 25.6 Å². The Kier molecular flexibility index (Phi) is 5.63. The highest BCUT2D eigenvalue weighted by molar-refractivity contribution is 9.10. The Hall–Kier alpha value is -1.73. The maximum absolute atomic E-state index is 12.4. The van der Waals surface area contributed by atoms with Crippen molar-refractivity contribution in [2.24, 2.45) is 0 Å². The second-order valence-electron chi connectivity index (χ2n) is 6.24. The highest BCUT2D eigenvalue weighted by Gasteiger charge is 2.19. The summed E-state index contributed by atoms with van der Waals surface area (Å²) in [5, 5.41) is 14.5. The number of carbonyl (C=O) groups is 1. The van der Waals surface area contributed by atoms with Crippen LogP contribution in [-0.2, 0) is 6.42 Å². The van der Waals surface area contributed by atoms with Crippen LogP contribution < -0.4 is 10.6 Å². The summed E-state index contributed by atoms with van der Waals surface area (Å²) in [6.07, 6.45) is 4.55. The largest absolute Gasteiger partial charge is 0.348 e. The van der Waals surface area contributed by atoms with Crippen molar-refractivity contribution in [3.05, 3.63) is 46.2 Å². The number of nitrogens with zero attached hydrogens (tertiary/aromatic N) is 3. The summed E-state index contributed by atoms with van der Waals surface area (Å²) in [7, 11) is 0. The fourth-order valence-electron chi connectivity index (χ4n) is 2.97. The monoisotopic (exact) mass is 391 g/mol. The van der Waals surface area contributed by atoms with E-state index in [1.54, 1.807) is 6.20 Å². The van der Waals surface area contributed by atoms with E-state index in [-0.39, 0.29) is 11.9 Å². The first-order valence-electron chi connectivity index (χ1n) is 8.30. The zero-order valence-corrected chi connectivity index (χ0v) is 15.3. The molecule has 128 valence electrons. The first-order valence-corrected chi connectivity index (χ1v) is 9.09. The first-order chi connectivity index (χ1) is 11.6. The maximum Gasteiger partial charge on any atom is 0.273 e. The molecular formula is C17H22BrN5O. The fourth-order valence-corrected chi connectivity index (χ4v) is 3.42. The number of amides is 1. The summed E-state index contributed by atoms with van der Waals surface area (Å²) >= 11 is 3.54. The van der Waals surface area contributed by atoms with Crippen LogP contribution in [0.25, 0.3) is 0 Å². The van der Waals surface area contributed by atoms with Crippen LogP contribution >= 0.6 is 15.9 Å². The highest BCUT2D eigenvalue weighted by atomic mass is 79.9. The molecule has 2 N–H and O–H groups in total. The van der Waals surface area contributed by atoms with Crippen LogP contribution in [0.3, 0.4) is 0 Å². The Balaban J connectivity index is 1.58. The van der Waals surface area contributed by atoms with E-state index in [9.17, 15) is 4.79 Å². The molecule has 0 radical (unpaired) electrons. The van der Waals surface area contributed by atoms with Gasteiger partial charge in [-0.3, -0.25) is 4.79 Å². The smallest absolute Gasteiger partial charge is 0.273 e. The van der Waals surface area contributed by atoms with E-state index in [0.717, 1.165) is 36.8 Å². The molecule has 0 bridgehead atoms. The lowest BCUT2D eigenvalue weighted by atomic mass is 10.1. The predicted molar refractivity (Wildman–Crippen MR) is 95.9 cm³/mol. The molecule has 1 saturated heterocycles. The van der Waals surface area contributed by atoms with E-state index in [2.05, 4.69) is 42.9 Å². The second-order valence-corrected chi connectivity index (χ2v) is 7.09. The normalized spacial score (nSPS) is 16.8. The van der Waals surface area contributed by atoms with Crippen molar-refractivity contribution in [3.8, 4) is 0 Å². The molecule has 1 aliphatic rings. The van der Waals surface area contributed by atoms with Gasteiger partial charge in [0, 0.05) is 10.5 Å². The summed E-state index contributed by atoms with van der Waals surface area (Å²) in [6, 6.07) is 8.39. The van der Waals surface area contributed by atoms with E-state index in [1.807, 2.05) is 29.8 Å². The third-order valence-corrected chi connectivity index (χ3v) is 5.06. The van der Waals surface area contributed by atoms with Gasteiger partial charge in [0.25, 0.3) is 5.91 Å². The minimum atomic E-state index is -0.172. The van der Waals surface area contributed by atoms with E-state index in [0.29, 0.717) is 11.7 Å². The number of piperidine rings is 1. The predicted octanol–water partition coefficient (Wildman–Crippen LogP) is 2.33. The van der Waals surface area contributed by atoms with E-state index >= 15 is 0 Å². The highest BCUT2D eigenvalue weighted by Crippen LogP contribution is 2.18. The van der Waals surface area contributed by atoms with Gasteiger partial charge in [0.05, 0.1) is 12.2 Å². The molecule has 1 aromatic heterocycles. The quantitative estimate of drug-likeness (QED) is 0.820. The molecule has 0 aliphatic carbocycles. The molecule has 0 saturated carbocycles. The molecule has 6 nitrogen and oxygen atoms in total. The first kappa shape index (κ1) is 17.1. The molecule has 0 spiro atoms. The standard InChI is InChI=1S/C17H22BrN5O/c1-12(10-13-4-2-3-5-15(13)18)20-17(24)16-11-23(22-21-16)14-6-8-19-9-7-14/h2-5,11-12,14,19H,6-10H2,1H3,(H,20,24). The lowest BCUT2D eigenvalue weighted by molar-refractivity contribution is 0.0935. The van der Waals surface area contributed by atoms with Gasteiger partial charge in [-0.2, -0.15) is 0 Å². The van der Waals surface area contributed by atoms with Crippen molar-refractivity contribution in [2.75, 3.05) is 13.1 Å². The minimum absolute atomic E-state index is 0.0141. The maximum atomic E-state index is 12.4. The van der Waals surface area contributed by atoms with E-state index in [1.165, 1.54) is 5.56 Å². The van der Waals surface area contributed by atoms with Crippen LogP contribution in [-0.4, -0.2) is 40.0 Å². The molecule has 1 aliphatic heterocycles. The van der Waals surface area contributed by atoms with Gasteiger partial charge in [-0.1, -0.05) is 39.3 Å². The van der Waals surface area contributed by atoms with Crippen LogP contribution in [0.5, 0.6) is 0 Å². The van der Waals surface area contributed by atoms with Gasteiger partial charge >= 0.3 is 0 Å². The van der Waals surface area contributed by atoms with Gasteiger partial charge < -0.3 is 10.6 Å². The van der Waals surface area contributed by atoms with Crippen LogP contribution in [0.15, 0.2) is 34.9 Å². The van der Waals surface area contributed by atoms with Crippen molar-refractivity contribution in [3.63, 3.8) is 0 Å².